The molecule has 3 heteroatoms. The predicted molar refractivity (Wildman–Crippen MR) is 192 cm³/mol. The maximum Gasteiger partial charge on any atom is 0.258 e. The molecule has 9 aromatic rings. The van der Waals surface area contributed by atoms with Gasteiger partial charge in [0.2, 0.25) is 0 Å². The minimum absolute atomic E-state index is 0.338. The number of carbonyl (C=O) groups excluding carboxylic acids is 2. The average molecular weight is 598 g/mol. The number of hydrogen-bond donors (Lipinski definition) is 1. The molecule has 3 nitrogen and oxygen atoms in total. The van der Waals surface area contributed by atoms with Crippen molar-refractivity contribution in [1.82, 2.24) is 5.32 Å². The third kappa shape index (κ3) is 3.02. The SMILES string of the molecule is O=C1NC(=O)c2ccc3c4ccc5c6c(ccc(c7ccc1c2c73)c64)-c1c-5c(-c2ccccc2)c2ccccc2c1-c1ccccc1. The average Bonchev–Trinajstić information content (AvgIpc) is 3.45. The van der Waals surface area contributed by atoms with Gasteiger partial charge in [-0.05, 0) is 105 Å². The van der Waals surface area contributed by atoms with Gasteiger partial charge in [0, 0.05) is 16.5 Å². The summed E-state index contributed by atoms with van der Waals surface area (Å²) in [6.07, 6.45) is 0. The molecular weight excluding hydrogens is 574 g/mol. The highest BCUT2D eigenvalue weighted by molar-refractivity contribution is 6.41. The van der Waals surface area contributed by atoms with Gasteiger partial charge in [0.15, 0.2) is 0 Å². The highest BCUT2D eigenvalue weighted by atomic mass is 16.2. The number of amides is 2. The zero-order valence-corrected chi connectivity index (χ0v) is 25.0. The number of benzene rings is 9. The molecule has 0 saturated carbocycles. The fourth-order valence-corrected chi connectivity index (χ4v) is 8.71. The predicted octanol–water partition coefficient (Wildman–Crippen LogP) is 10.8. The van der Waals surface area contributed by atoms with Crippen LogP contribution in [0, 0.1) is 0 Å². The molecule has 11 rings (SSSR count). The van der Waals surface area contributed by atoms with E-state index in [1.807, 2.05) is 12.1 Å². The van der Waals surface area contributed by atoms with E-state index in [9.17, 15) is 9.59 Å². The summed E-state index contributed by atoms with van der Waals surface area (Å²) >= 11 is 0. The van der Waals surface area contributed by atoms with Gasteiger partial charge in [-0.1, -0.05) is 121 Å². The first-order valence-electron chi connectivity index (χ1n) is 15.9. The van der Waals surface area contributed by atoms with E-state index in [0.717, 1.165) is 32.3 Å². The van der Waals surface area contributed by atoms with E-state index in [-0.39, 0.29) is 11.8 Å². The smallest absolute Gasteiger partial charge is 0.258 e. The lowest BCUT2D eigenvalue weighted by Gasteiger charge is -2.21. The van der Waals surface area contributed by atoms with Crippen molar-refractivity contribution in [3.05, 3.63) is 145 Å². The molecule has 0 atom stereocenters. The standard InChI is InChI=1S/C44H23NO2/c46-43-33-21-17-29-27-15-19-31-39-32(20-16-28(37(27)39)30-18-22-34(44(47)45-43)40(33)38(29)30)42-36(24-11-5-2-6-12-24)26-14-8-7-13-25(26)35(41(31)42)23-9-3-1-4-10-23/h1-22H,(H,45,46,47). The Morgan fingerprint density at radius 1 is 0.298 bits per heavy atom. The largest absolute Gasteiger partial charge is 0.288 e. The summed E-state index contributed by atoms with van der Waals surface area (Å²) in [5, 5.41) is 13.6. The van der Waals surface area contributed by atoms with Crippen LogP contribution >= 0.6 is 0 Å². The fourth-order valence-electron chi connectivity index (χ4n) is 8.71. The Morgan fingerprint density at radius 2 is 0.660 bits per heavy atom. The summed E-state index contributed by atoms with van der Waals surface area (Å²) < 4.78 is 0. The molecular formula is C44H23NO2. The number of carbonyl (C=O) groups is 2. The van der Waals surface area contributed by atoms with E-state index in [0.29, 0.717) is 11.1 Å². The summed E-state index contributed by atoms with van der Waals surface area (Å²) in [5.41, 5.74) is 11.0. The summed E-state index contributed by atoms with van der Waals surface area (Å²) in [6.45, 7) is 0. The van der Waals surface area contributed by atoms with Crippen molar-refractivity contribution in [3.8, 4) is 44.5 Å². The Kier molecular flexibility index (Phi) is 4.61. The second-order valence-corrected chi connectivity index (χ2v) is 12.7. The fraction of sp³-hybridized carbons (Fsp3) is 0. The number of nitrogens with one attached hydrogen (secondary N) is 1. The third-order valence-corrected chi connectivity index (χ3v) is 10.5. The summed E-state index contributed by atoms with van der Waals surface area (Å²) in [7, 11) is 0. The summed E-state index contributed by atoms with van der Waals surface area (Å²) in [6, 6.07) is 47.4. The number of rotatable bonds is 2. The van der Waals surface area contributed by atoms with Crippen LogP contribution in [-0.2, 0) is 0 Å². The van der Waals surface area contributed by atoms with E-state index in [1.54, 1.807) is 0 Å². The Balaban J connectivity index is 1.36. The van der Waals surface area contributed by atoms with Crippen LogP contribution < -0.4 is 5.32 Å². The van der Waals surface area contributed by atoms with Crippen LogP contribution in [0.2, 0.25) is 0 Å². The molecule has 1 aliphatic heterocycles. The van der Waals surface area contributed by atoms with Crippen LogP contribution in [-0.4, -0.2) is 11.8 Å². The van der Waals surface area contributed by atoms with Gasteiger partial charge in [-0.15, -0.1) is 0 Å². The van der Waals surface area contributed by atoms with E-state index >= 15 is 0 Å². The molecule has 2 amide bonds. The number of fused-ring (bicyclic) bond motifs is 6. The molecule has 216 valence electrons. The number of hydrogen-bond acceptors (Lipinski definition) is 2. The molecule has 0 saturated heterocycles. The minimum Gasteiger partial charge on any atom is -0.288 e. The van der Waals surface area contributed by atoms with Crippen molar-refractivity contribution in [2.24, 2.45) is 0 Å². The molecule has 1 aliphatic carbocycles. The first-order valence-corrected chi connectivity index (χ1v) is 15.9. The monoisotopic (exact) mass is 597 g/mol. The van der Waals surface area contributed by atoms with Crippen LogP contribution in [0.15, 0.2) is 133 Å². The van der Waals surface area contributed by atoms with Crippen molar-refractivity contribution < 1.29 is 9.59 Å². The molecule has 0 fully saturated rings. The second kappa shape index (κ2) is 8.68. The normalized spacial score (nSPS) is 13.4. The third-order valence-electron chi connectivity index (χ3n) is 10.5. The van der Waals surface area contributed by atoms with E-state index in [4.69, 9.17) is 0 Å². The Labute approximate surface area is 269 Å². The van der Waals surface area contributed by atoms with E-state index < -0.39 is 0 Å². The number of imide groups is 1. The van der Waals surface area contributed by atoms with Gasteiger partial charge in [-0.25, -0.2) is 0 Å². The van der Waals surface area contributed by atoms with Crippen molar-refractivity contribution in [1.29, 1.82) is 0 Å². The zero-order chi connectivity index (χ0) is 31.0. The van der Waals surface area contributed by atoms with Gasteiger partial charge < -0.3 is 0 Å². The molecule has 0 spiro atoms. The minimum atomic E-state index is -0.338. The maximum absolute atomic E-state index is 12.9. The van der Waals surface area contributed by atoms with Crippen LogP contribution in [0.4, 0.5) is 0 Å². The van der Waals surface area contributed by atoms with Crippen molar-refractivity contribution in [3.63, 3.8) is 0 Å². The molecule has 1 heterocycles. The van der Waals surface area contributed by atoms with Gasteiger partial charge in [0.1, 0.15) is 0 Å². The van der Waals surface area contributed by atoms with Gasteiger partial charge in [0.05, 0.1) is 0 Å². The summed E-state index contributed by atoms with van der Waals surface area (Å²) in [5.74, 6) is -0.676. The summed E-state index contributed by atoms with van der Waals surface area (Å²) in [4.78, 5) is 25.9. The molecule has 47 heavy (non-hydrogen) atoms. The zero-order valence-electron chi connectivity index (χ0n) is 25.0. The first-order chi connectivity index (χ1) is 23.2. The van der Waals surface area contributed by atoms with E-state index in [2.05, 4.69) is 127 Å². The van der Waals surface area contributed by atoms with Crippen LogP contribution in [0.25, 0.3) is 98.4 Å². The lowest BCUT2D eigenvalue weighted by molar-refractivity contribution is 0.0845. The molecule has 1 N–H and O–H groups in total. The quantitative estimate of drug-likeness (QED) is 0.122. The topological polar surface area (TPSA) is 46.2 Å². The Bertz CT molecular complexity index is 2700. The molecule has 0 radical (unpaired) electrons. The van der Waals surface area contributed by atoms with E-state index in [1.165, 1.54) is 66.1 Å². The lowest BCUT2D eigenvalue weighted by Crippen LogP contribution is -2.34. The van der Waals surface area contributed by atoms with Gasteiger partial charge >= 0.3 is 0 Å². The van der Waals surface area contributed by atoms with Gasteiger partial charge in [-0.2, -0.15) is 0 Å². The van der Waals surface area contributed by atoms with Crippen LogP contribution in [0.1, 0.15) is 20.7 Å². The Morgan fingerprint density at radius 3 is 1.09 bits per heavy atom. The van der Waals surface area contributed by atoms with Crippen LogP contribution in [0.3, 0.4) is 0 Å². The molecule has 0 unspecified atom stereocenters. The highest BCUT2D eigenvalue weighted by Crippen LogP contribution is 2.59. The highest BCUT2D eigenvalue weighted by Gasteiger charge is 2.33. The lowest BCUT2D eigenvalue weighted by atomic mass is 9.82. The van der Waals surface area contributed by atoms with Crippen molar-refractivity contribution >= 4 is 65.7 Å². The molecule has 0 bridgehead atoms. The van der Waals surface area contributed by atoms with Gasteiger partial charge in [-0.3, -0.25) is 14.9 Å². The maximum atomic E-state index is 12.9. The van der Waals surface area contributed by atoms with Crippen molar-refractivity contribution in [2.75, 3.05) is 0 Å². The van der Waals surface area contributed by atoms with Crippen molar-refractivity contribution in [2.45, 2.75) is 0 Å². The Hall–Kier alpha value is -6.32. The first kappa shape index (κ1) is 24.9. The van der Waals surface area contributed by atoms with Crippen LogP contribution in [0.5, 0.6) is 0 Å². The molecule has 0 aromatic heterocycles. The molecule has 9 aromatic carbocycles. The molecule has 2 aliphatic rings. The second-order valence-electron chi connectivity index (χ2n) is 12.7. The van der Waals surface area contributed by atoms with Gasteiger partial charge in [0.25, 0.3) is 11.8 Å².